The number of allylic oxidation sites excluding steroid dienone is 1. The van der Waals surface area contributed by atoms with E-state index in [0.29, 0.717) is 5.75 Å². The Labute approximate surface area is 111 Å². The number of phosphoric ester groups is 1. The van der Waals surface area contributed by atoms with Crippen molar-refractivity contribution < 1.29 is 27.7 Å². The molecule has 0 saturated heterocycles. The molecule has 0 saturated carbocycles. The summed E-state index contributed by atoms with van der Waals surface area (Å²) in [5, 5.41) is 0. The van der Waals surface area contributed by atoms with Gasteiger partial charge < -0.3 is 9.26 Å². The molecule has 0 heterocycles. The third kappa shape index (κ3) is 5.26. The van der Waals surface area contributed by atoms with Crippen LogP contribution in [0.2, 0.25) is 0 Å². The van der Waals surface area contributed by atoms with Crippen molar-refractivity contribution in [2.75, 3.05) is 14.2 Å². The summed E-state index contributed by atoms with van der Waals surface area (Å²) in [6.07, 6.45) is 1.05. The Morgan fingerprint density at radius 1 is 1.16 bits per heavy atom. The first kappa shape index (κ1) is 15.4. The van der Waals surface area contributed by atoms with Gasteiger partial charge in [0, 0.05) is 14.2 Å². The number of ether oxygens (including phenoxy) is 1. The van der Waals surface area contributed by atoms with Gasteiger partial charge in [0.05, 0.1) is 6.08 Å². The Morgan fingerprint density at radius 2 is 1.74 bits per heavy atom. The zero-order valence-electron chi connectivity index (χ0n) is 10.9. The van der Waals surface area contributed by atoms with Gasteiger partial charge in [-0.2, -0.15) is 0 Å². The number of phosphoric acid groups is 1. The van der Waals surface area contributed by atoms with E-state index in [1.807, 2.05) is 0 Å². The van der Waals surface area contributed by atoms with Crippen LogP contribution in [0.3, 0.4) is 0 Å². The molecule has 1 aromatic carbocycles. The fraction of sp³-hybridized carbons (Fsp3) is 0.250. The maximum absolute atomic E-state index is 11.6. The summed E-state index contributed by atoms with van der Waals surface area (Å²) in [7, 11) is -1.29. The minimum atomic E-state index is -3.65. The normalized spacial score (nSPS) is 12.1. The van der Waals surface area contributed by atoms with Gasteiger partial charge in [0.25, 0.3) is 0 Å². The topological polar surface area (TPSA) is 71.1 Å². The molecule has 0 unspecified atom stereocenters. The first-order chi connectivity index (χ1) is 8.99. The second kappa shape index (κ2) is 7.09. The molecule has 1 aromatic rings. The summed E-state index contributed by atoms with van der Waals surface area (Å²) in [6, 6.07) is 8.54. The highest BCUT2D eigenvalue weighted by Gasteiger charge is 2.24. The molecule has 0 spiro atoms. The molecule has 0 radical (unpaired) electrons. The number of carbonyl (C=O) groups excluding carboxylic acids is 1. The number of benzene rings is 1. The summed E-state index contributed by atoms with van der Waals surface area (Å²) in [5.41, 5.74) is 0. The van der Waals surface area contributed by atoms with E-state index >= 15 is 0 Å². The van der Waals surface area contributed by atoms with E-state index in [1.54, 1.807) is 30.3 Å². The maximum atomic E-state index is 11.6. The second-order valence-corrected chi connectivity index (χ2v) is 5.20. The molecule has 0 aliphatic heterocycles. The van der Waals surface area contributed by atoms with Crippen LogP contribution in [-0.4, -0.2) is 20.2 Å². The fourth-order valence-corrected chi connectivity index (χ4v) is 1.86. The molecular weight excluding hydrogens is 271 g/mol. The highest BCUT2D eigenvalue weighted by molar-refractivity contribution is 7.48. The van der Waals surface area contributed by atoms with E-state index in [0.717, 1.165) is 6.08 Å². The summed E-state index contributed by atoms with van der Waals surface area (Å²) in [4.78, 5) is 11.5. The molecule has 19 heavy (non-hydrogen) atoms. The molecule has 0 atom stereocenters. The summed E-state index contributed by atoms with van der Waals surface area (Å²) in [5.74, 6) is -0.186. The van der Waals surface area contributed by atoms with Crippen LogP contribution in [0, 0.1) is 0 Å². The SMILES string of the molecule is COP(=O)(OC)OC(C)=CC(=O)Oc1ccccc1. The minimum Gasteiger partial charge on any atom is -0.423 e. The van der Waals surface area contributed by atoms with Crippen LogP contribution < -0.4 is 4.74 Å². The van der Waals surface area contributed by atoms with Gasteiger partial charge in [-0.3, -0.25) is 9.05 Å². The molecule has 0 amide bonds. The van der Waals surface area contributed by atoms with E-state index in [-0.39, 0.29) is 5.76 Å². The third-order valence-electron chi connectivity index (χ3n) is 1.99. The van der Waals surface area contributed by atoms with Gasteiger partial charge in [0.1, 0.15) is 11.5 Å². The van der Waals surface area contributed by atoms with Crippen LogP contribution in [-0.2, 0) is 22.9 Å². The van der Waals surface area contributed by atoms with Crippen LogP contribution in [0.15, 0.2) is 42.2 Å². The first-order valence-corrected chi connectivity index (χ1v) is 6.81. The Hall–Kier alpha value is -1.62. The first-order valence-electron chi connectivity index (χ1n) is 5.35. The molecule has 0 aliphatic carbocycles. The van der Waals surface area contributed by atoms with Gasteiger partial charge in [-0.05, 0) is 19.1 Å². The predicted molar refractivity (Wildman–Crippen MR) is 68.5 cm³/mol. The number of esters is 1. The number of hydrogen-bond donors (Lipinski definition) is 0. The second-order valence-electron chi connectivity index (χ2n) is 3.39. The number of para-hydroxylation sites is 1. The number of carbonyl (C=O) groups is 1. The average molecular weight is 286 g/mol. The van der Waals surface area contributed by atoms with Gasteiger partial charge in [-0.1, -0.05) is 18.2 Å². The lowest BCUT2D eigenvalue weighted by atomic mass is 10.3. The molecule has 0 fully saturated rings. The van der Waals surface area contributed by atoms with E-state index in [9.17, 15) is 9.36 Å². The van der Waals surface area contributed by atoms with Gasteiger partial charge in [-0.25, -0.2) is 9.36 Å². The maximum Gasteiger partial charge on any atom is 0.529 e. The van der Waals surface area contributed by atoms with Crippen molar-refractivity contribution >= 4 is 13.8 Å². The summed E-state index contributed by atoms with van der Waals surface area (Å²) >= 11 is 0. The van der Waals surface area contributed by atoms with E-state index in [4.69, 9.17) is 9.26 Å². The minimum absolute atomic E-state index is 0.0629. The highest BCUT2D eigenvalue weighted by Crippen LogP contribution is 2.49. The van der Waals surface area contributed by atoms with Crippen molar-refractivity contribution in [3.05, 3.63) is 42.2 Å². The lowest BCUT2D eigenvalue weighted by Gasteiger charge is -2.14. The average Bonchev–Trinajstić information content (AvgIpc) is 2.39. The van der Waals surface area contributed by atoms with Crippen molar-refractivity contribution in [2.45, 2.75) is 6.92 Å². The van der Waals surface area contributed by atoms with Crippen molar-refractivity contribution in [3.63, 3.8) is 0 Å². The van der Waals surface area contributed by atoms with E-state index < -0.39 is 13.8 Å². The quantitative estimate of drug-likeness (QED) is 0.263. The largest absolute Gasteiger partial charge is 0.529 e. The van der Waals surface area contributed by atoms with Gasteiger partial charge in [-0.15, -0.1) is 0 Å². The van der Waals surface area contributed by atoms with E-state index in [2.05, 4.69) is 9.05 Å². The standard InChI is InChI=1S/C12H15O6P/c1-10(18-19(14,15-2)16-3)9-12(13)17-11-7-5-4-6-8-11/h4-9H,1-3H3. The Bertz CT molecular complexity index is 488. The van der Waals surface area contributed by atoms with Gasteiger partial charge in [0.15, 0.2) is 0 Å². The van der Waals surface area contributed by atoms with Crippen molar-refractivity contribution in [1.82, 2.24) is 0 Å². The number of hydrogen-bond acceptors (Lipinski definition) is 6. The molecular formula is C12H15O6P. The molecule has 0 aromatic heterocycles. The molecule has 0 bridgehead atoms. The highest BCUT2D eigenvalue weighted by atomic mass is 31.2. The Balaban J connectivity index is 2.64. The lowest BCUT2D eigenvalue weighted by molar-refractivity contribution is -0.129. The van der Waals surface area contributed by atoms with Gasteiger partial charge in [0.2, 0.25) is 0 Å². The third-order valence-corrected chi connectivity index (χ3v) is 3.39. The fourth-order valence-electron chi connectivity index (χ4n) is 1.15. The van der Waals surface area contributed by atoms with Crippen molar-refractivity contribution in [2.24, 2.45) is 0 Å². The van der Waals surface area contributed by atoms with Crippen LogP contribution >= 0.6 is 7.82 Å². The smallest absolute Gasteiger partial charge is 0.423 e. The molecule has 104 valence electrons. The molecule has 6 nitrogen and oxygen atoms in total. The van der Waals surface area contributed by atoms with Crippen LogP contribution in [0.1, 0.15) is 6.92 Å². The zero-order chi connectivity index (χ0) is 14.3. The Kier molecular flexibility index (Phi) is 5.76. The van der Waals surface area contributed by atoms with Crippen molar-refractivity contribution in [3.8, 4) is 5.75 Å². The summed E-state index contributed by atoms with van der Waals surface area (Å²) < 4.78 is 30.7. The lowest BCUT2D eigenvalue weighted by Crippen LogP contribution is -2.05. The number of rotatable bonds is 6. The summed E-state index contributed by atoms with van der Waals surface area (Å²) in [6.45, 7) is 1.44. The van der Waals surface area contributed by atoms with E-state index in [1.165, 1.54) is 21.1 Å². The Morgan fingerprint density at radius 3 is 2.26 bits per heavy atom. The van der Waals surface area contributed by atoms with Crippen molar-refractivity contribution in [1.29, 1.82) is 0 Å². The van der Waals surface area contributed by atoms with Gasteiger partial charge >= 0.3 is 13.8 Å². The molecule has 1 rings (SSSR count). The molecule has 0 N–H and O–H groups in total. The molecule has 0 aliphatic rings. The zero-order valence-corrected chi connectivity index (χ0v) is 11.8. The van der Waals surface area contributed by atoms with Crippen LogP contribution in [0.5, 0.6) is 5.75 Å². The molecule has 7 heteroatoms. The van der Waals surface area contributed by atoms with Crippen LogP contribution in [0.25, 0.3) is 0 Å². The van der Waals surface area contributed by atoms with Crippen LogP contribution in [0.4, 0.5) is 0 Å². The monoisotopic (exact) mass is 286 g/mol. The predicted octanol–water partition coefficient (Wildman–Crippen LogP) is 2.91.